The number of ether oxygens (including phenoxy) is 1. The van der Waals surface area contributed by atoms with Crippen molar-refractivity contribution < 1.29 is 4.74 Å². The second-order valence-electron chi connectivity index (χ2n) is 9.71. The molecule has 36 heavy (non-hydrogen) atoms. The summed E-state index contributed by atoms with van der Waals surface area (Å²) in [4.78, 5) is 4.83. The first-order valence-corrected chi connectivity index (χ1v) is 12.6. The highest BCUT2D eigenvalue weighted by molar-refractivity contribution is 6.03. The lowest BCUT2D eigenvalue weighted by molar-refractivity contribution is 0.363. The van der Waals surface area contributed by atoms with E-state index in [4.69, 9.17) is 9.73 Å². The van der Waals surface area contributed by atoms with Crippen LogP contribution in [0.2, 0.25) is 0 Å². The van der Waals surface area contributed by atoms with Crippen LogP contribution in [-0.2, 0) is 0 Å². The van der Waals surface area contributed by atoms with Crippen LogP contribution in [0.15, 0.2) is 109 Å². The number of nitrogens with zero attached hydrogens (tertiary/aromatic N) is 1. The smallest absolute Gasteiger partial charge is 0.129 e. The molecule has 0 saturated carbocycles. The van der Waals surface area contributed by atoms with Crippen molar-refractivity contribution in [1.29, 1.82) is 0 Å². The van der Waals surface area contributed by atoms with Gasteiger partial charge >= 0.3 is 0 Å². The summed E-state index contributed by atoms with van der Waals surface area (Å²) in [6, 6.07) is 28.1. The van der Waals surface area contributed by atoms with E-state index in [0.717, 1.165) is 28.8 Å². The Labute approximate surface area is 212 Å². The SMILES string of the molecule is C=CCOc1ccc2ccccc2c1C=Nc1ccc([C@@H]2Nc3ccc(C)cc3[C@H]3C=CC[C@H]32)cc1. The highest BCUT2D eigenvalue weighted by Gasteiger charge is 2.37. The molecule has 1 heterocycles. The van der Waals surface area contributed by atoms with Crippen LogP contribution >= 0.6 is 0 Å². The first-order chi connectivity index (χ1) is 17.7. The standard InChI is InChI=1S/C33H30N2O/c1-3-19-36-32-18-14-23-7-4-5-8-26(23)30(32)21-34-25-15-12-24(13-16-25)33-28-10-6-9-27(28)29-20-22(2)11-17-31(29)35-33/h3-9,11-18,20-21,27-28,33,35H,1,10,19H2,2H3/t27-,28+,33-/m0/s1. The third-order valence-electron chi connectivity index (χ3n) is 7.40. The van der Waals surface area contributed by atoms with Crippen molar-refractivity contribution in [3.8, 4) is 5.75 Å². The summed E-state index contributed by atoms with van der Waals surface area (Å²) in [5.74, 6) is 1.83. The summed E-state index contributed by atoms with van der Waals surface area (Å²) in [6.07, 6.45) is 9.52. The minimum atomic E-state index is 0.287. The Hall–Kier alpha value is -4.11. The Morgan fingerprint density at radius 2 is 1.89 bits per heavy atom. The number of hydrogen-bond donors (Lipinski definition) is 1. The van der Waals surface area contributed by atoms with Gasteiger partial charge in [0.25, 0.3) is 0 Å². The number of benzene rings is 4. The van der Waals surface area contributed by atoms with E-state index in [1.165, 1.54) is 27.8 Å². The molecular weight excluding hydrogens is 440 g/mol. The molecule has 0 fully saturated rings. The van der Waals surface area contributed by atoms with Crippen LogP contribution in [0, 0.1) is 12.8 Å². The number of allylic oxidation sites excluding steroid dienone is 2. The van der Waals surface area contributed by atoms with E-state index in [0.29, 0.717) is 18.4 Å². The molecule has 3 atom stereocenters. The van der Waals surface area contributed by atoms with Gasteiger partial charge in [0, 0.05) is 23.4 Å². The summed E-state index contributed by atoms with van der Waals surface area (Å²) in [5.41, 5.74) is 7.21. The van der Waals surface area contributed by atoms with Crippen LogP contribution in [0.1, 0.15) is 40.6 Å². The topological polar surface area (TPSA) is 33.6 Å². The number of nitrogens with one attached hydrogen (secondary N) is 1. The van der Waals surface area contributed by atoms with Gasteiger partial charge in [-0.3, -0.25) is 4.99 Å². The van der Waals surface area contributed by atoms with Crippen LogP contribution in [0.5, 0.6) is 5.75 Å². The van der Waals surface area contributed by atoms with Gasteiger partial charge in [0.05, 0.1) is 11.7 Å². The van der Waals surface area contributed by atoms with Crippen molar-refractivity contribution in [1.82, 2.24) is 0 Å². The van der Waals surface area contributed by atoms with Gasteiger partial charge in [-0.25, -0.2) is 0 Å². The fourth-order valence-electron chi connectivity index (χ4n) is 5.63. The fourth-order valence-corrected chi connectivity index (χ4v) is 5.63. The summed E-state index contributed by atoms with van der Waals surface area (Å²) in [5, 5.41) is 6.12. The van der Waals surface area contributed by atoms with Crippen molar-refractivity contribution in [2.75, 3.05) is 11.9 Å². The molecule has 0 unspecified atom stereocenters. The first-order valence-electron chi connectivity index (χ1n) is 12.6. The van der Waals surface area contributed by atoms with E-state index < -0.39 is 0 Å². The molecule has 0 aromatic heterocycles. The molecule has 6 rings (SSSR count). The molecule has 3 heteroatoms. The zero-order valence-corrected chi connectivity index (χ0v) is 20.5. The van der Waals surface area contributed by atoms with Gasteiger partial charge in [0.15, 0.2) is 0 Å². The van der Waals surface area contributed by atoms with Crippen LogP contribution in [-0.4, -0.2) is 12.8 Å². The Kier molecular flexibility index (Phi) is 5.90. The third-order valence-corrected chi connectivity index (χ3v) is 7.40. The van der Waals surface area contributed by atoms with Crippen LogP contribution in [0.3, 0.4) is 0 Å². The van der Waals surface area contributed by atoms with Crippen molar-refractivity contribution in [2.45, 2.75) is 25.3 Å². The molecule has 1 N–H and O–H groups in total. The summed E-state index contributed by atoms with van der Waals surface area (Å²) < 4.78 is 5.93. The second kappa shape index (κ2) is 9.50. The van der Waals surface area contributed by atoms with Gasteiger partial charge < -0.3 is 10.1 Å². The van der Waals surface area contributed by atoms with Gasteiger partial charge in [0.1, 0.15) is 12.4 Å². The van der Waals surface area contributed by atoms with Gasteiger partial charge in [-0.1, -0.05) is 85.0 Å². The Morgan fingerprint density at radius 3 is 2.75 bits per heavy atom. The molecular formula is C33H30N2O. The number of fused-ring (bicyclic) bond motifs is 4. The fraction of sp³-hybridized carbons (Fsp3) is 0.182. The molecule has 2 aliphatic rings. The van der Waals surface area contributed by atoms with Crippen molar-refractivity contribution in [3.63, 3.8) is 0 Å². The molecule has 0 radical (unpaired) electrons. The average molecular weight is 471 g/mol. The van der Waals surface area contributed by atoms with Crippen molar-refractivity contribution in [2.24, 2.45) is 10.9 Å². The Bertz CT molecular complexity index is 1480. The first kappa shape index (κ1) is 22.4. The van der Waals surface area contributed by atoms with Crippen LogP contribution in [0.25, 0.3) is 10.8 Å². The lowest BCUT2D eigenvalue weighted by Crippen LogP contribution is -2.29. The minimum absolute atomic E-state index is 0.287. The third kappa shape index (κ3) is 4.11. The summed E-state index contributed by atoms with van der Waals surface area (Å²) >= 11 is 0. The number of aryl methyl sites for hydroxylation is 1. The number of rotatable bonds is 6. The quantitative estimate of drug-likeness (QED) is 0.227. The van der Waals surface area contributed by atoms with E-state index >= 15 is 0 Å². The van der Waals surface area contributed by atoms with E-state index in [-0.39, 0.29) is 6.04 Å². The maximum Gasteiger partial charge on any atom is 0.129 e. The highest BCUT2D eigenvalue weighted by Crippen LogP contribution is 2.50. The molecule has 3 nitrogen and oxygen atoms in total. The molecule has 0 saturated heterocycles. The van der Waals surface area contributed by atoms with E-state index in [9.17, 15) is 0 Å². The molecule has 1 aliphatic heterocycles. The number of anilines is 1. The molecule has 4 aromatic rings. The van der Waals surface area contributed by atoms with Crippen LogP contribution < -0.4 is 10.1 Å². The molecule has 0 spiro atoms. The lowest BCUT2D eigenvalue weighted by Gasteiger charge is -2.37. The maximum atomic E-state index is 5.93. The van der Waals surface area contributed by atoms with E-state index in [2.05, 4.69) is 97.7 Å². The van der Waals surface area contributed by atoms with Gasteiger partial charge in [0.2, 0.25) is 0 Å². The maximum absolute atomic E-state index is 5.93. The number of hydrogen-bond acceptors (Lipinski definition) is 3. The Morgan fingerprint density at radius 1 is 1.03 bits per heavy atom. The van der Waals surface area contributed by atoms with Crippen molar-refractivity contribution in [3.05, 3.63) is 126 Å². The van der Waals surface area contributed by atoms with Gasteiger partial charge in [-0.05, 0) is 65.4 Å². The van der Waals surface area contributed by atoms with Gasteiger partial charge in [-0.15, -0.1) is 0 Å². The molecule has 0 bridgehead atoms. The predicted molar refractivity (Wildman–Crippen MR) is 151 cm³/mol. The average Bonchev–Trinajstić information content (AvgIpc) is 3.41. The minimum Gasteiger partial charge on any atom is -0.489 e. The second-order valence-corrected chi connectivity index (χ2v) is 9.71. The molecule has 0 amide bonds. The Balaban J connectivity index is 1.28. The molecule has 178 valence electrons. The largest absolute Gasteiger partial charge is 0.489 e. The van der Waals surface area contributed by atoms with E-state index in [1.807, 2.05) is 18.3 Å². The van der Waals surface area contributed by atoms with Crippen LogP contribution in [0.4, 0.5) is 11.4 Å². The van der Waals surface area contributed by atoms with Crippen molar-refractivity contribution >= 4 is 28.4 Å². The monoisotopic (exact) mass is 470 g/mol. The molecule has 4 aromatic carbocycles. The predicted octanol–water partition coefficient (Wildman–Crippen LogP) is 8.29. The summed E-state index contributed by atoms with van der Waals surface area (Å²) in [7, 11) is 0. The zero-order valence-electron chi connectivity index (χ0n) is 20.5. The zero-order chi connectivity index (χ0) is 24.5. The lowest BCUT2D eigenvalue weighted by atomic mass is 9.76. The van der Waals surface area contributed by atoms with Gasteiger partial charge in [-0.2, -0.15) is 0 Å². The number of aliphatic imine (C=N–C) groups is 1. The highest BCUT2D eigenvalue weighted by atomic mass is 16.5. The summed E-state index contributed by atoms with van der Waals surface area (Å²) in [6.45, 7) is 6.41. The molecule has 1 aliphatic carbocycles. The van der Waals surface area contributed by atoms with E-state index in [1.54, 1.807) is 6.08 Å². The normalized spacial score (nSPS) is 20.2.